The SMILES string of the molecule is CC(=O)CN1C(=O)C2(CCCCC2)n2c(cc3cnc(Nc4ccc(S(N)(=O)=O)cc4)nc32)C1O. The Morgan fingerprint density at radius 2 is 1.91 bits per heavy atom. The fourth-order valence-corrected chi connectivity index (χ4v) is 5.69. The highest BCUT2D eigenvalue weighted by atomic mass is 32.2. The van der Waals surface area contributed by atoms with Crippen LogP contribution in [0.15, 0.2) is 41.4 Å². The predicted molar refractivity (Wildman–Crippen MR) is 127 cm³/mol. The minimum Gasteiger partial charge on any atom is -0.368 e. The fourth-order valence-electron chi connectivity index (χ4n) is 5.17. The van der Waals surface area contributed by atoms with E-state index in [4.69, 9.17) is 5.14 Å². The van der Waals surface area contributed by atoms with E-state index >= 15 is 0 Å². The highest BCUT2D eigenvalue weighted by molar-refractivity contribution is 7.89. The number of aliphatic hydroxyl groups is 1. The molecule has 0 radical (unpaired) electrons. The number of anilines is 2. The van der Waals surface area contributed by atoms with Gasteiger partial charge in [0.2, 0.25) is 16.0 Å². The van der Waals surface area contributed by atoms with Gasteiger partial charge in [0.05, 0.1) is 17.1 Å². The zero-order valence-electron chi connectivity index (χ0n) is 19.1. The monoisotopic (exact) mass is 498 g/mol. The van der Waals surface area contributed by atoms with Gasteiger partial charge in [0.25, 0.3) is 5.91 Å². The Balaban J connectivity index is 1.59. The van der Waals surface area contributed by atoms with E-state index in [1.807, 2.05) is 4.57 Å². The zero-order valence-corrected chi connectivity index (χ0v) is 20.0. The first-order valence-electron chi connectivity index (χ1n) is 11.4. The normalized spacial score (nSPS) is 19.7. The lowest BCUT2D eigenvalue weighted by Crippen LogP contribution is -2.58. The molecule has 0 bridgehead atoms. The Hall–Kier alpha value is -3.35. The summed E-state index contributed by atoms with van der Waals surface area (Å²) in [5.41, 5.74) is 0.646. The number of aliphatic hydroxyl groups excluding tert-OH is 1. The maximum atomic E-state index is 13.7. The van der Waals surface area contributed by atoms with E-state index in [9.17, 15) is 23.1 Å². The number of nitrogens with two attached hydrogens (primary N) is 1. The number of amides is 1. The molecule has 35 heavy (non-hydrogen) atoms. The number of primary sulfonamides is 1. The van der Waals surface area contributed by atoms with Gasteiger partial charge in [-0.15, -0.1) is 0 Å². The third-order valence-electron chi connectivity index (χ3n) is 6.73. The molecule has 0 saturated heterocycles. The van der Waals surface area contributed by atoms with Crippen LogP contribution in [0.3, 0.4) is 0 Å². The van der Waals surface area contributed by atoms with Gasteiger partial charge >= 0.3 is 0 Å². The van der Waals surface area contributed by atoms with Gasteiger partial charge in [-0.3, -0.25) is 9.59 Å². The molecule has 1 saturated carbocycles. The van der Waals surface area contributed by atoms with E-state index in [0.29, 0.717) is 35.3 Å². The topological polar surface area (TPSA) is 161 Å². The Kier molecular flexibility index (Phi) is 5.61. The number of hydrogen-bond donors (Lipinski definition) is 3. The van der Waals surface area contributed by atoms with Crippen molar-refractivity contribution in [3.8, 4) is 0 Å². The summed E-state index contributed by atoms with van der Waals surface area (Å²) in [6.45, 7) is 1.24. The number of aromatic nitrogens is 3. The molecular formula is C23H26N6O5S. The van der Waals surface area contributed by atoms with E-state index in [1.165, 1.54) is 24.0 Å². The lowest BCUT2D eigenvalue weighted by atomic mass is 9.78. The Labute approximate surface area is 202 Å². The van der Waals surface area contributed by atoms with Crippen LogP contribution in [0.25, 0.3) is 11.0 Å². The summed E-state index contributed by atoms with van der Waals surface area (Å²) in [5, 5.41) is 19.9. The molecule has 12 heteroatoms. The highest BCUT2D eigenvalue weighted by Crippen LogP contribution is 2.46. The fraction of sp³-hybridized carbons (Fsp3) is 0.391. The summed E-state index contributed by atoms with van der Waals surface area (Å²) in [6, 6.07) is 7.63. The van der Waals surface area contributed by atoms with Gasteiger partial charge in [-0.2, -0.15) is 4.98 Å². The average Bonchev–Trinajstić information content (AvgIpc) is 3.21. The number of benzene rings is 1. The molecule has 184 valence electrons. The van der Waals surface area contributed by atoms with Crippen LogP contribution in [-0.4, -0.2) is 51.2 Å². The van der Waals surface area contributed by atoms with Crippen molar-refractivity contribution < 1.29 is 23.1 Å². The van der Waals surface area contributed by atoms with Crippen LogP contribution in [0.2, 0.25) is 0 Å². The standard InChI is InChI=1S/C23H26N6O5S/c1-14(30)13-28-20(31)18-11-15-12-25-22(26-16-5-7-17(8-6-16)35(24,33)34)27-19(15)29(18)23(21(28)32)9-3-2-4-10-23/h5-8,11-12,20,31H,2-4,9-10,13H2,1H3,(H2,24,33,34)(H,25,26,27). The minimum atomic E-state index is -3.81. The molecule has 11 nitrogen and oxygen atoms in total. The second-order valence-electron chi connectivity index (χ2n) is 9.17. The zero-order chi connectivity index (χ0) is 25.0. The van der Waals surface area contributed by atoms with Crippen molar-refractivity contribution in [1.29, 1.82) is 0 Å². The molecule has 2 aromatic heterocycles. The number of sulfonamides is 1. The van der Waals surface area contributed by atoms with Crippen molar-refractivity contribution >= 4 is 44.4 Å². The molecule has 1 spiro atoms. The molecule has 1 atom stereocenters. The van der Waals surface area contributed by atoms with Gasteiger partial charge in [0, 0.05) is 17.3 Å². The number of rotatable bonds is 5. The Morgan fingerprint density at radius 3 is 2.54 bits per heavy atom. The van der Waals surface area contributed by atoms with Crippen LogP contribution < -0.4 is 10.5 Å². The van der Waals surface area contributed by atoms with Crippen LogP contribution >= 0.6 is 0 Å². The number of ketones is 1. The smallest absolute Gasteiger partial charge is 0.251 e. The molecule has 2 aliphatic rings. The van der Waals surface area contributed by atoms with Crippen molar-refractivity contribution in [1.82, 2.24) is 19.4 Å². The lowest BCUT2D eigenvalue weighted by molar-refractivity contribution is -0.162. The van der Waals surface area contributed by atoms with Crippen LogP contribution in [-0.2, 0) is 25.2 Å². The number of Topliss-reactive ketones (excluding diaryl/α,β-unsaturated/α-hetero) is 1. The second kappa shape index (κ2) is 8.40. The number of nitrogens with zero attached hydrogens (tertiary/aromatic N) is 4. The maximum absolute atomic E-state index is 13.7. The molecule has 4 N–H and O–H groups in total. The Bertz CT molecular complexity index is 1430. The van der Waals surface area contributed by atoms with Gasteiger partial charge in [-0.1, -0.05) is 19.3 Å². The molecule has 1 amide bonds. The van der Waals surface area contributed by atoms with E-state index in [1.54, 1.807) is 24.4 Å². The number of nitrogens with one attached hydrogen (secondary N) is 1. The number of carbonyl (C=O) groups excluding carboxylic acids is 2. The number of carbonyl (C=O) groups is 2. The van der Waals surface area contributed by atoms with Crippen molar-refractivity contribution in [3.05, 3.63) is 42.2 Å². The lowest BCUT2D eigenvalue weighted by Gasteiger charge is -2.47. The van der Waals surface area contributed by atoms with E-state index < -0.39 is 21.8 Å². The van der Waals surface area contributed by atoms with Crippen LogP contribution in [0, 0.1) is 0 Å². The molecule has 5 rings (SSSR count). The molecule has 1 fully saturated rings. The van der Waals surface area contributed by atoms with Crippen molar-refractivity contribution in [2.75, 3.05) is 11.9 Å². The molecule has 1 unspecified atom stereocenters. The molecular weight excluding hydrogens is 472 g/mol. The van der Waals surface area contributed by atoms with Gasteiger partial charge in [-0.05, 0) is 50.1 Å². The second-order valence-corrected chi connectivity index (χ2v) is 10.7. The molecule has 3 aromatic rings. The average molecular weight is 499 g/mol. The number of fused-ring (bicyclic) bond motifs is 4. The molecule has 1 aliphatic carbocycles. The molecule has 3 heterocycles. The van der Waals surface area contributed by atoms with Gasteiger partial charge in [0.1, 0.15) is 17.0 Å². The van der Waals surface area contributed by atoms with Crippen LogP contribution in [0.4, 0.5) is 11.6 Å². The maximum Gasteiger partial charge on any atom is 0.251 e. The third-order valence-corrected chi connectivity index (χ3v) is 7.66. The quantitative estimate of drug-likeness (QED) is 0.481. The van der Waals surface area contributed by atoms with Crippen LogP contribution in [0.1, 0.15) is 50.9 Å². The first-order chi connectivity index (χ1) is 16.6. The van der Waals surface area contributed by atoms with E-state index in [2.05, 4.69) is 15.3 Å². The predicted octanol–water partition coefficient (Wildman–Crippen LogP) is 1.90. The summed E-state index contributed by atoms with van der Waals surface area (Å²) in [6.07, 6.45) is 4.22. The van der Waals surface area contributed by atoms with Crippen LogP contribution in [0.5, 0.6) is 0 Å². The summed E-state index contributed by atoms with van der Waals surface area (Å²) in [7, 11) is -3.81. The summed E-state index contributed by atoms with van der Waals surface area (Å²) < 4.78 is 24.8. The van der Waals surface area contributed by atoms with Crippen molar-refractivity contribution in [3.63, 3.8) is 0 Å². The summed E-state index contributed by atoms with van der Waals surface area (Å²) in [4.78, 5) is 35.9. The summed E-state index contributed by atoms with van der Waals surface area (Å²) in [5.74, 6) is -0.218. The van der Waals surface area contributed by atoms with E-state index in [0.717, 1.165) is 19.3 Å². The highest BCUT2D eigenvalue weighted by Gasteiger charge is 2.51. The molecule has 1 aromatic carbocycles. The van der Waals surface area contributed by atoms with E-state index in [-0.39, 0.29) is 29.1 Å². The minimum absolute atomic E-state index is 0.0121. The Morgan fingerprint density at radius 1 is 1.23 bits per heavy atom. The summed E-state index contributed by atoms with van der Waals surface area (Å²) >= 11 is 0. The van der Waals surface area contributed by atoms with Gasteiger partial charge in [-0.25, -0.2) is 18.5 Å². The van der Waals surface area contributed by atoms with Gasteiger partial charge in [0.15, 0.2) is 6.23 Å². The third kappa shape index (κ3) is 3.97. The van der Waals surface area contributed by atoms with Crippen molar-refractivity contribution in [2.24, 2.45) is 5.14 Å². The molecule has 1 aliphatic heterocycles. The van der Waals surface area contributed by atoms with Crippen molar-refractivity contribution in [2.45, 2.75) is 55.7 Å². The largest absolute Gasteiger partial charge is 0.368 e. The number of hydrogen-bond acceptors (Lipinski definition) is 8. The van der Waals surface area contributed by atoms with Gasteiger partial charge < -0.3 is 19.9 Å². The first-order valence-corrected chi connectivity index (χ1v) is 12.9. The first kappa shape index (κ1) is 23.4.